The molecule has 0 unspecified atom stereocenters. The molecule has 3 aromatic rings. The van der Waals surface area contributed by atoms with E-state index in [9.17, 15) is 5.26 Å². The van der Waals surface area contributed by atoms with Crippen LogP contribution in [0.25, 0.3) is 10.9 Å². The standard InChI is InChI=1S/C21H18N2O/c1-4-23-20(12-9-16-7-5-15(2)6-8-16)19(14-22)18-11-10-17(24-3)13-21(18)23/h5-8,10-11,13H,4H2,1-3H3. The molecule has 0 amide bonds. The number of hydrogen-bond acceptors (Lipinski definition) is 2. The van der Waals surface area contributed by atoms with Crippen molar-refractivity contribution in [2.24, 2.45) is 0 Å². The minimum absolute atomic E-state index is 0.620. The second kappa shape index (κ2) is 6.52. The van der Waals surface area contributed by atoms with Crippen molar-refractivity contribution in [1.29, 1.82) is 5.26 Å². The Labute approximate surface area is 142 Å². The predicted octanol–water partition coefficient (Wildman–Crippen LogP) is 4.25. The first kappa shape index (κ1) is 15.7. The fourth-order valence-electron chi connectivity index (χ4n) is 2.80. The number of benzene rings is 2. The van der Waals surface area contributed by atoms with Gasteiger partial charge in [0.25, 0.3) is 0 Å². The minimum Gasteiger partial charge on any atom is -0.497 e. The van der Waals surface area contributed by atoms with Gasteiger partial charge in [-0.3, -0.25) is 0 Å². The first-order valence-electron chi connectivity index (χ1n) is 7.87. The first-order valence-corrected chi connectivity index (χ1v) is 7.87. The van der Waals surface area contributed by atoms with Crippen LogP contribution in [0.3, 0.4) is 0 Å². The lowest BCUT2D eigenvalue weighted by Crippen LogP contribution is -1.98. The van der Waals surface area contributed by atoms with Crippen molar-refractivity contribution >= 4 is 10.9 Å². The average Bonchev–Trinajstić information content (AvgIpc) is 2.92. The molecule has 0 spiro atoms. The SMILES string of the molecule is CCn1c(C#Cc2ccc(C)cc2)c(C#N)c2ccc(OC)cc21. The molecule has 3 heteroatoms. The lowest BCUT2D eigenvalue weighted by atomic mass is 10.1. The Morgan fingerprint density at radius 2 is 1.83 bits per heavy atom. The molecule has 3 rings (SSSR count). The summed E-state index contributed by atoms with van der Waals surface area (Å²) in [6.07, 6.45) is 0. The van der Waals surface area contributed by atoms with Gasteiger partial charge < -0.3 is 9.30 Å². The van der Waals surface area contributed by atoms with E-state index in [1.54, 1.807) is 7.11 Å². The van der Waals surface area contributed by atoms with Gasteiger partial charge in [0.2, 0.25) is 0 Å². The van der Waals surface area contributed by atoms with Crippen molar-refractivity contribution in [1.82, 2.24) is 4.57 Å². The third kappa shape index (κ3) is 2.73. The lowest BCUT2D eigenvalue weighted by molar-refractivity contribution is 0.415. The van der Waals surface area contributed by atoms with Gasteiger partial charge in [-0.25, -0.2) is 0 Å². The predicted molar refractivity (Wildman–Crippen MR) is 96.0 cm³/mol. The van der Waals surface area contributed by atoms with E-state index in [-0.39, 0.29) is 0 Å². The van der Waals surface area contributed by atoms with Crippen LogP contribution >= 0.6 is 0 Å². The smallest absolute Gasteiger partial charge is 0.120 e. The molecule has 24 heavy (non-hydrogen) atoms. The van der Waals surface area contributed by atoms with Crippen LogP contribution in [-0.2, 0) is 6.54 Å². The quantitative estimate of drug-likeness (QED) is 0.663. The first-order chi connectivity index (χ1) is 11.7. The van der Waals surface area contributed by atoms with Crippen LogP contribution in [-0.4, -0.2) is 11.7 Å². The van der Waals surface area contributed by atoms with E-state index in [2.05, 4.69) is 29.4 Å². The molecule has 0 bridgehead atoms. The van der Waals surface area contributed by atoms with Crippen molar-refractivity contribution < 1.29 is 4.74 Å². The molecule has 118 valence electrons. The Bertz CT molecular complexity index is 993. The molecule has 0 fully saturated rings. The average molecular weight is 314 g/mol. The van der Waals surface area contributed by atoms with E-state index in [1.165, 1.54) is 5.56 Å². The molecule has 3 nitrogen and oxygen atoms in total. The van der Waals surface area contributed by atoms with Gasteiger partial charge in [-0.15, -0.1) is 0 Å². The summed E-state index contributed by atoms with van der Waals surface area (Å²) in [7, 11) is 1.64. The fraction of sp³-hybridized carbons (Fsp3) is 0.190. The molecule has 0 aliphatic heterocycles. The fourth-order valence-corrected chi connectivity index (χ4v) is 2.80. The molecular weight excluding hydrogens is 296 g/mol. The highest BCUT2D eigenvalue weighted by molar-refractivity contribution is 5.90. The number of ether oxygens (including phenoxy) is 1. The molecule has 0 saturated carbocycles. The van der Waals surface area contributed by atoms with Crippen LogP contribution in [0.1, 0.15) is 29.3 Å². The summed E-state index contributed by atoms with van der Waals surface area (Å²) in [5.41, 5.74) is 4.49. The van der Waals surface area contributed by atoms with Gasteiger partial charge in [0.05, 0.1) is 18.2 Å². The van der Waals surface area contributed by atoms with E-state index in [4.69, 9.17) is 4.74 Å². The Balaban J connectivity index is 2.20. The number of aryl methyl sites for hydroxylation is 2. The zero-order chi connectivity index (χ0) is 17.1. The summed E-state index contributed by atoms with van der Waals surface area (Å²) in [4.78, 5) is 0. The van der Waals surface area contributed by atoms with Gasteiger partial charge in [0.1, 0.15) is 17.5 Å². The minimum atomic E-state index is 0.620. The van der Waals surface area contributed by atoms with Crippen molar-refractivity contribution in [3.8, 4) is 23.7 Å². The van der Waals surface area contributed by atoms with Crippen LogP contribution in [0.2, 0.25) is 0 Å². The van der Waals surface area contributed by atoms with E-state index in [0.29, 0.717) is 5.56 Å². The van der Waals surface area contributed by atoms with E-state index < -0.39 is 0 Å². The Hall–Kier alpha value is -3.17. The number of nitrogens with zero attached hydrogens (tertiary/aromatic N) is 2. The molecule has 2 aromatic carbocycles. The highest BCUT2D eigenvalue weighted by Crippen LogP contribution is 2.28. The van der Waals surface area contributed by atoms with Crippen molar-refractivity contribution in [3.63, 3.8) is 0 Å². The summed E-state index contributed by atoms with van der Waals surface area (Å²) < 4.78 is 7.38. The monoisotopic (exact) mass is 314 g/mol. The number of fused-ring (bicyclic) bond motifs is 1. The topological polar surface area (TPSA) is 38.0 Å². The van der Waals surface area contributed by atoms with Gasteiger partial charge >= 0.3 is 0 Å². The molecule has 0 atom stereocenters. The number of nitriles is 1. The molecule has 0 N–H and O–H groups in total. The third-order valence-corrected chi connectivity index (χ3v) is 4.08. The van der Waals surface area contributed by atoms with E-state index >= 15 is 0 Å². The molecule has 1 heterocycles. The highest BCUT2D eigenvalue weighted by Gasteiger charge is 2.15. The van der Waals surface area contributed by atoms with Gasteiger partial charge in [-0.1, -0.05) is 23.6 Å². The van der Waals surface area contributed by atoms with Crippen LogP contribution in [0.4, 0.5) is 0 Å². The summed E-state index contributed by atoms with van der Waals surface area (Å²) in [6, 6.07) is 16.1. The van der Waals surface area contributed by atoms with Crippen LogP contribution in [0, 0.1) is 30.1 Å². The molecule has 1 aromatic heterocycles. The normalized spacial score (nSPS) is 10.1. The molecular formula is C21H18N2O. The zero-order valence-corrected chi connectivity index (χ0v) is 14.1. The summed E-state index contributed by atoms with van der Waals surface area (Å²) in [6.45, 7) is 4.84. The maximum atomic E-state index is 9.62. The lowest BCUT2D eigenvalue weighted by Gasteiger charge is -2.04. The number of methoxy groups -OCH3 is 1. The van der Waals surface area contributed by atoms with Gasteiger partial charge in [0, 0.05) is 23.6 Å². The second-order valence-corrected chi connectivity index (χ2v) is 5.58. The third-order valence-electron chi connectivity index (χ3n) is 4.08. The maximum Gasteiger partial charge on any atom is 0.120 e. The Kier molecular flexibility index (Phi) is 4.27. The number of hydrogen-bond donors (Lipinski definition) is 0. The van der Waals surface area contributed by atoms with E-state index in [0.717, 1.165) is 34.5 Å². The number of aromatic nitrogens is 1. The second-order valence-electron chi connectivity index (χ2n) is 5.58. The summed E-state index contributed by atoms with van der Waals surface area (Å²) >= 11 is 0. The molecule has 0 saturated heterocycles. The molecule has 0 aliphatic carbocycles. The van der Waals surface area contributed by atoms with Crippen molar-refractivity contribution in [2.75, 3.05) is 7.11 Å². The highest BCUT2D eigenvalue weighted by atomic mass is 16.5. The summed E-state index contributed by atoms with van der Waals surface area (Å²) in [5, 5.41) is 10.5. The Morgan fingerprint density at radius 3 is 2.46 bits per heavy atom. The van der Waals surface area contributed by atoms with Gasteiger partial charge in [0.15, 0.2) is 0 Å². The largest absolute Gasteiger partial charge is 0.497 e. The molecule has 0 radical (unpaired) electrons. The van der Waals surface area contributed by atoms with Crippen LogP contribution < -0.4 is 4.74 Å². The van der Waals surface area contributed by atoms with Crippen molar-refractivity contribution in [3.05, 3.63) is 64.8 Å². The van der Waals surface area contributed by atoms with Gasteiger partial charge in [-0.05, 0) is 44.0 Å². The van der Waals surface area contributed by atoms with Crippen LogP contribution in [0.15, 0.2) is 42.5 Å². The summed E-state index contributed by atoms with van der Waals surface area (Å²) in [5.74, 6) is 7.15. The Morgan fingerprint density at radius 1 is 1.08 bits per heavy atom. The van der Waals surface area contributed by atoms with Crippen molar-refractivity contribution in [2.45, 2.75) is 20.4 Å². The zero-order valence-electron chi connectivity index (χ0n) is 14.1. The molecule has 0 aliphatic rings. The van der Waals surface area contributed by atoms with Crippen LogP contribution in [0.5, 0.6) is 5.75 Å². The number of rotatable bonds is 2. The van der Waals surface area contributed by atoms with E-state index in [1.807, 2.05) is 49.4 Å². The maximum absolute atomic E-state index is 9.62. The van der Waals surface area contributed by atoms with Gasteiger partial charge in [-0.2, -0.15) is 5.26 Å².